The molecule has 0 heterocycles. The molecule has 6 heteroatoms. The molecule has 0 fully saturated rings. The first-order valence-electron chi connectivity index (χ1n) is 7.62. The van der Waals surface area contributed by atoms with Gasteiger partial charge in [0.2, 0.25) is 0 Å². The SMILES string of the molecule is CNCCNC(=O)c1ccc(OCc2ccc(Br)cc2)c(OC)c1. The Labute approximate surface area is 150 Å². The van der Waals surface area contributed by atoms with Crippen LogP contribution in [0.2, 0.25) is 0 Å². The van der Waals surface area contributed by atoms with Crippen LogP contribution in [0.1, 0.15) is 15.9 Å². The summed E-state index contributed by atoms with van der Waals surface area (Å²) in [7, 11) is 3.40. The lowest BCUT2D eigenvalue weighted by molar-refractivity contribution is 0.0953. The molecular weight excluding hydrogens is 372 g/mol. The van der Waals surface area contributed by atoms with Crippen molar-refractivity contribution in [1.29, 1.82) is 0 Å². The van der Waals surface area contributed by atoms with E-state index in [2.05, 4.69) is 26.6 Å². The van der Waals surface area contributed by atoms with Gasteiger partial charge in [-0.1, -0.05) is 28.1 Å². The molecule has 0 aliphatic heterocycles. The predicted octanol–water partition coefficient (Wildman–Crippen LogP) is 2.99. The zero-order chi connectivity index (χ0) is 17.4. The normalized spacial score (nSPS) is 10.3. The highest BCUT2D eigenvalue weighted by molar-refractivity contribution is 9.10. The Bertz CT molecular complexity index is 674. The van der Waals surface area contributed by atoms with Crippen LogP contribution in [0.25, 0.3) is 0 Å². The van der Waals surface area contributed by atoms with E-state index in [1.54, 1.807) is 25.3 Å². The summed E-state index contributed by atoms with van der Waals surface area (Å²) in [5, 5.41) is 5.81. The average molecular weight is 393 g/mol. The maximum Gasteiger partial charge on any atom is 0.251 e. The summed E-state index contributed by atoms with van der Waals surface area (Å²) in [5.41, 5.74) is 1.59. The Balaban J connectivity index is 2.02. The first-order chi connectivity index (χ1) is 11.6. The molecule has 0 bridgehead atoms. The van der Waals surface area contributed by atoms with Gasteiger partial charge in [0.05, 0.1) is 7.11 Å². The minimum absolute atomic E-state index is 0.136. The smallest absolute Gasteiger partial charge is 0.251 e. The van der Waals surface area contributed by atoms with Crippen LogP contribution in [0.3, 0.4) is 0 Å². The summed E-state index contributed by atoms with van der Waals surface area (Å²) >= 11 is 3.41. The highest BCUT2D eigenvalue weighted by atomic mass is 79.9. The molecule has 0 aliphatic carbocycles. The van der Waals surface area contributed by atoms with Crippen molar-refractivity contribution in [3.63, 3.8) is 0 Å². The fourth-order valence-electron chi connectivity index (χ4n) is 2.07. The topological polar surface area (TPSA) is 59.6 Å². The van der Waals surface area contributed by atoms with Crippen molar-refractivity contribution in [2.24, 2.45) is 0 Å². The van der Waals surface area contributed by atoms with Crippen molar-refractivity contribution < 1.29 is 14.3 Å². The van der Waals surface area contributed by atoms with Gasteiger partial charge in [-0.25, -0.2) is 0 Å². The van der Waals surface area contributed by atoms with E-state index in [-0.39, 0.29) is 5.91 Å². The third-order valence-corrected chi connectivity index (χ3v) is 3.92. The van der Waals surface area contributed by atoms with Crippen LogP contribution in [0.15, 0.2) is 46.9 Å². The second-order valence-corrected chi connectivity index (χ2v) is 6.06. The summed E-state index contributed by atoms with van der Waals surface area (Å²) in [4.78, 5) is 12.1. The van der Waals surface area contributed by atoms with Crippen molar-refractivity contribution in [1.82, 2.24) is 10.6 Å². The minimum atomic E-state index is -0.136. The highest BCUT2D eigenvalue weighted by Gasteiger charge is 2.11. The van der Waals surface area contributed by atoms with Gasteiger partial charge in [0.15, 0.2) is 11.5 Å². The van der Waals surface area contributed by atoms with Gasteiger partial charge in [0.1, 0.15) is 6.61 Å². The van der Waals surface area contributed by atoms with Crippen molar-refractivity contribution in [3.8, 4) is 11.5 Å². The Morgan fingerprint density at radius 1 is 1.08 bits per heavy atom. The number of likely N-dealkylation sites (N-methyl/N-ethyl adjacent to an activating group) is 1. The van der Waals surface area contributed by atoms with E-state index in [0.717, 1.165) is 16.6 Å². The number of amides is 1. The number of benzene rings is 2. The first kappa shape index (κ1) is 18.3. The number of rotatable bonds is 8. The predicted molar refractivity (Wildman–Crippen MR) is 97.7 cm³/mol. The molecule has 1 amide bonds. The molecule has 0 aliphatic rings. The monoisotopic (exact) mass is 392 g/mol. The van der Waals surface area contributed by atoms with E-state index in [1.165, 1.54) is 0 Å². The second kappa shape index (κ2) is 9.30. The standard InChI is InChI=1S/C18H21BrN2O3/c1-20-9-10-21-18(22)14-5-8-16(17(11-14)23-2)24-12-13-3-6-15(19)7-4-13/h3-8,11,20H,9-10,12H2,1-2H3,(H,21,22). The van der Waals surface area contributed by atoms with Gasteiger partial charge >= 0.3 is 0 Å². The average Bonchev–Trinajstić information content (AvgIpc) is 2.61. The van der Waals surface area contributed by atoms with Gasteiger partial charge in [-0.2, -0.15) is 0 Å². The van der Waals surface area contributed by atoms with Gasteiger partial charge in [0.25, 0.3) is 5.91 Å². The van der Waals surface area contributed by atoms with Gasteiger partial charge in [-0.15, -0.1) is 0 Å². The molecule has 0 atom stereocenters. The van der Waals surface area contributed by atoms with Gasteiger partial charge in [-0.3, -0.25) is 4.79 Å². The quantitative estimate of drug-likeness (QED) is 0.677. The Morgan fingerprint density at radius 2 is 1.83 bits per heavy atom. The van der Waals surface area contributed by atoms with Crippen molar-refractivity contribution in [2.75, 3.05) is 27.2 Å². The zero-order valence-electron chi connectivity index (χ0n) is 13.8. The maximum atomic E-state index is 12.1. The van der Waals surface area contributed by atoms with E-state index < -0.39 is 0 Å². The number of carbonyl (C=O) groups is 1. The van der Waals surface area contributed by atoms with Crippen LogP contribution in [0.5, 0.6) is 11.5 Å². The van der Waals surface area contributed by atoms with E-state index >= 15 is 0 Å². The molecule has 0 unspecified atom stereocenters. The molecule has 5 nitrogen and oxygen atoms in total. The van der Waals surface area contributed by atoms with Crippen LogP contribution in [0.4, 0.5) is 0 Å². The van der Waals surface area contributed by atoms with E-state index in [1.807, 2.05) is 31.3 Å². The molecule has 2 rings (SSSR count). The minimum Gasteiger partial charge on any atom is -0.493 e. The summed E-state index contributed by atoms with van der Waals surface area (Å²) in [6, 6.07) is 13.1. The van der Waals surface area contributed by atoms with Crippen LogP contribution < -0.4 is 20.1 Å². The molecule has 2 aromatic carbocycles. The Kier molecular flexibility index (Phi) is 7.08. The van der Waals surface area contributed by atoms with Crippen molar-refractivity contribution in [2.45, 2.75) is 6.61 Å². The van der Waals surface area contributed by atoms with Gasteiger partial charge in [0, 0.05) is 23.1 Å². The largest absolute Gasteiger partial charge is 0.493 e. The summed E-state index contributed by atoms with van der Waals surface area (Å²) < 4.78 is 12.2. The number of ether oxygens (including phenoxy) is 2. The number of hydrogen-bond acceptors (Lipinski definition) is 4. The third kappa shape index (κ3) is 5.25. The summed E-state index contributed by atoms with van der Waals surface area (Å²) in [5.74, 6) is 1.00. The zero-order valence-corrected chi connectivity index (χ0v) is 15.4. The molecular formula is C18H21BrN2O3. The summed E-state index contributed by atoms with van der Waals surface area (Å²) in [6.45, 7) is 1.72. The van der Waals surface area contributed by atoms with Crippen LogP contribution in [0, 0.1) is 0 Å². The third-order valence-electron chi connectivity index (χ3n) is 3.39. The molecule has 0 saturated carbocycles. The molecule has 0 spiro atoms. The lowest BCUT2D eigenvalue weighted by atomic mass is 10.2. The van der Waals surface area contributed by atoms with Gasteiger partial charge in [-0.05, 0) is 42.9 Å². The highest BCUT2D eigenvalue weighted by Crippen LogP contribution is 2.29. The number of nitrogens with one attached hydrogen (secondary N) is 2. The molecule has 0 radical (unpaired) electrons. The van der Waals surface area contributed by atoms with Crippen molar-refractivity contribution in [3.05, 3.63) is 58.1 Å². The van der Waals surface area contributed by atoms with E-state index in [9.17, 15) is 4.79 Å². The fourth-order valence-corrected chi connectivity index (χ4v) is 2.34. The molecule has 0 saturated heterocycles. The summed E-state index contributed by atoms with van der Waals surface area (Å²) in [6.07, 6.45) is 0. The fraction of sp³-hybridized carbons (Fsp3) is 0.278. The Hall–Kier alpha value is -2.05. The molecule has 128 valence electrons. The van der Waals surface area contributed by atoms with Crippen LogP contribution in [-0.2, 0) is 6.61 Å². The molecule has 2 aromatic rings. The first-order valence-corrected chi connectivity index (χ1v) is 8.41. The molecule has 2 N–H and O–H groups in total. The molecule has 0 aromatic heterocycles. The van der Waals surface area contributed by atoms with Crippen LogP contribution in [-0.4, -0.2) is 33.2 Å². The molecule has 24 heavy (non-hydrogen) atoms. The number of hydrogen-bond donors (Lipinski definition) is 2. The van der Waals surface area contributed by atoms with E-state index in [4.69, 9.17) is 9.47 Å². The van der Waals surface area contributed by atoms with Gasteiger partial charge < -0.3 is 20.1 Å². The number of halogens is 1. The lowest BCUT2D eigenvalue weighted by Crippen LogP contribution is -2.30. The van der Waals surface area contributed by atoms with E-state index in [0.29, 0.717) is 30.2 Å². The maximum absolute atomic E-state index is 12.1. The Morgan fingerprint density at radius 3 is 2.50 bits per heavy atom. The lowest BCUT2D eigenvalue weighted by Gasteiger charge is -2.12. The number of carbonyl (C=O) groups excluding carboxylic acids is 1. The van der Waals surface area contributed by atoms with Crippen LogP contribution >= 0.6 is 15.9 Å². The second-order valence-electron chi connectivity index (χ2n) is 5.14. The van der Waals surface area contributed by atoms with Crippen molar-refractivity contribution >= 4 is 21.8 Å². The number of methoxy groups -OCH3 is 1.